The van der Waals surface area contributed by atoms with Gasteiger partial charge in [0.15, 0.2) is 0 Å². The van der Waals surface area contributed by atoms with E-state index in [-0.39, 0.29) is 19.6 Å². The zero-order valence-corrected chi connectivity index (χ0v) is 15.8. The number of allylic oxidation sites excluding steroid dienone is 1. The second-order valence-electron chi connectivity index (χ2n) is 6.68. The van der Waals surface area contributed by atoms with Crippen LogP contribution in [0, 0.1) is 17.8 Å². The number of rotatable bonds is 6. The lowest BCUT2D eigenvalue weighted by atomic mass is 9.72. The highest BCUT2D eigenvalue weighted by molar-refractivity contribution is 5.92. The molecule has 1 aliphatic heterocycles. The Labute approximate surface area is 158 Å². The molecule has 3 unspecified atom stereocenters. The molecule has 0 spiro atoms. The Kier molecular flexibility index (Phi) is 7.78. The van der Waals surface area contributed by atoms with E-state index in [0.717, 1.165) is 0 Å². The van der Waals surface area contributed by atoms with Gasteiger partial charge in [-0.25, -0.2) is 4.79 Å². The molecule has 1 rings (SSSR count). The van der Waals surface area contributed by atoms with E-state index < -0.39 is 59.4 Å². The van der Waals surface area contributed by atoms with Crippen LogP contribution < -0.4 is 5.32 Å². The van der Waals surface area contributed by atoms with E-state index in [1.807, 2.05) is 0 Å². The van der Waals surface area contributed by atoms with Crippen molar-refractivity contribution in [3.8, 4) is 0 Å². The maximum atomic E-state index is 13.6. The zero-order valence-electron chi connectivity index (χ0n) is 15.8. The molecular weight excluding hydrogens is 396 g/mol. The zero-order chi connectivity index (χ0) is 21.9. The van der Waals surface area contributed by atoms with Crippen molar-refractivity contribution in [3.63, 3.8) is 0 Å². The minimum Gasteiger partial charge on any atom is -0.466 e. The SMILES string of the molecule is CCOC(=O)C1=C(C(F)(F)F)NC(C(F)(F)F)C(C(=O)OCC)C1CC(C)C. The first kappa shape index (κ1) is 24.1. The summed E-state index contributed by atoms with van der Waals surface area (Å²) in [7, 11) is 0. The van der Waals surface area contributed by atoms with Crippen molar-refractivity contribution in [2.75, 3.05) is 13.2 Å². The lowest BCUT2D eigenvalue weighted by Crippen LogP contribution is -2.59. The van der Waals surface area contributed by atoms with Gasteiger partial charge in [-0.1, -0.05) is 13.8 Å². The van der Waals surface area contributed by atoms with Crippen LogP contribution in [0.15, 0.2) is 11.3 Å². The summed E-state index contributed by atoms with van der Waals surface area (Å²) in [5.41, 5.74) is -2.85. The van der Waals surface area contributed by atoms with E-state index in [4.69, 9.17) is 4.74 Å². The Hall–Kier alpha value is -1.94. The number of esters is 2. The number of alkyl halides is 6. The lowest BCUT2D eigenvalue weighted by Gasteiger charge is -2.41. The molecule has 1 heterocycles. The molecule has 0 fully saturated rings. The van der Waals surface area contributed by atoms with Crippen LogP contribution in [-0.4, -0.2) is 43.5 Å². The number of hydrogen-bond donors (Lipinski definition) is 1. The van der Waals surface area contributed by atoms with E-state index in [0.29, 0.717) is 0 Å². The maximum absolute atomic E-state index is 13.6. The third-order valence-electron chi connectivity index (χ3n) is 4.15. The highest BCUT2D eigenvalue weighted by Gasteiger charge is 2.59. The molecule has 0 amide bonds. The topological polar surface area (TPSA) is 64.6 Å². The summed E-state index contributed by atoms with van der Waals surface area (Å²) in [5.74, 6) is -6.89. The summed E-state index contributed by atoms with van der Waals surface area (Å²) in [6.45, 7) is 5.28. The number of nitrogens with one attached hydrogen (secondary N) is 1. The molecule has 0 aliphatic carbocycles. The predicted octanol–water partition coefficient (Wildman–Crippen LogP) is 3.74. The molecule has 0 saturated carbocycles. The molecule has 162 valence electrons. The molecule has 0 aromatic rings. The van der Waals surface area contributed by atoms with Crippen molar-refractivity contribution in [1.29, 1.82) is 0 Å². The molecular formula is C17H23F6NO4. The van der Waals surface area contributed by atoms with E-state index in [9.17, 15) is 35.9 Å². The highest BCUT2D eigenvalue weighted by Crippen LogP contribution is 2.45. The molecule has 0 bridgehead atoms. The summed E-state index contributed by atoms with van der Waals surface area (Å²) in [4.78, 5) is 24.6. The first-order chi connectivity index (χ1) is 12.8. The first-order valence-corrected chi connectivity index (χ1v) is 8.73. The quantitative estimate of drug-likeness (QED) is 0.525. The molecule has 3 atom stereocenters. The van der Waals surface area contributed by atoms with Crippen LogP contribution in [0.1, 0.15) is 34.1 Å². The van der Waals surface area contributed by atoms with Gasteiger partial charge >= 0.3 is 24.3 Å². The minimum absolute atomic E-state index is 0.265. The predicted molar refractivity (Wildman–Crippen MR) is 85.8 cm³/mol. The summed E-state index contributed by atoms with van der Waals surface area (Å²) in [6, 6.07) is -2.86. The fraction of sp³-hybridized carbons (Fsp3) is 0.765. The van der Waals surface area contributed by atoms with Crippen molar-refractivity contribution >= 4 is 11.9 Å². The third kappa shape index (κ3) is 5.54. The number of carbonyl (C=O) groups is 2. The number of halogens is 6. The third-order valence-corrected chi connectivity index (χ3v) is 4.15. The average Bonchev–Trinajstić information content (AvgIpc) is 2.51. The Morgan fingerprint density at radius 3 is 1.96 bits per heavy atom. The molecule has 0 aromatic carbocycles. The lowest BCUT2D eigenvalue weighted by molar-refractivity contribution is -0.193. The normalized spacial score (nSPS) is 23.5. The highest BCUT2D eigenvalue weighted by atomic mass is 19.4. The van der Waals surface area contributed by atoms with E-state index in [2.05, 4.69) is 4.74 Å². The Bertz CT molecular complexity index is 612. The molecule has 1 aliphatic rings. The van der Waals surface area contributed by atoms with Crippen LogP contribution in [0.4, 0.5) is 26.3 Å². The smallest absolute Gasteiger partial charge is 0.431 e. The maximum Gasteiger partial charge on any atom is 0.431 e. The van der Waals surface area contributed by atoms with E-state index in [1.165, 1.54) is 19.2 Å². The van der Waals surface area contributed by atoms with Gasteiger partial charge < -0.3 is 14.8 Å². The second-order valence-corrected chi connectivity index (χ2v) is 6.68. The van der Waals surface area contributed by atoms with Gasteiger partial charge in [0.2, 0.25) is 0 Å². The molecule has 1 N–H and O–H groups in total. The van der Waals surface area contributed by atoms with Crippen LogP contribution in [-0.2, 0) is 19.1 Å². The van der Waals surface area contributed by atoms with Crippen LogP contribution in [0.2, 0.25) is 0 Å². The van der Waals surface area contributed by atoms with Gasteiger partial charge in [0, 0.05) is 5.92 Å². The van der Waals surface area contributed by atoms with Gasteiger partial charge in [-0.2, -0.15) is 26.3 Å². The van der Waals surface area contributed by atoms with Crippen LogP contribution in [0.5, 0.6) is 0 Å². The fourth-order valence-electron chi connectivity index (χ4n) is 3.21. The average molecular weight is 419 g/mol. The van der Waals surface area contributed by atoms with Crippen molar-refractivity contribution < 1.29 is 45.4 Å². The van der Waals surface area contributed by atoms with Crippen LogP contribution in [0.3, 0.4) is 0 Å². The van der Waals surface area contributed by atoms with Crippen molar-refractivity contribution in [1.82, 2.24) is 5.32 Å². The van der Waals surface area contributed by atoms with Gasteiger partial charge in [-0.3, -0.25) is 4.79 Å². The number of hydrogen-bond acceptors (Lipinski definition) is 5. The van der Waals surface area contributed by atoms with Gasteiger partial charge in [-0.15, -0.1) is 0 Å². The molecule has 0 saturated heterocycles. The Balaban J connectivity index is 3.75. The summed E-state index contributed by atoms with van der Waals surface area (Å²) < 4.78 is 90.6. The largest absolute Gasteiger partial charge is 0.466 e. The van der Waals surface area contributed by atoms with Crippen molar-refractivity contribution in [2.24, 2.45) is 17.8 Å². The molecule has 28 heavy (non-hydrogen) atoms. The van der Waals surface area contributed by atoms with Gasteiger partial charge in [-0.05, 0) is 26.2 Å². The minimum atomic E-state index is -5.28. The Morgan fingerprint density at radius 2 is 1.57 bits per heavy atom. The monoisotopic (exact) mass is 419 g/mol. The van der Waals surface area contributed by atoms with E-state index in [1.54, 1.807) is 13.8 Å². The standard InChI is InChI=1S/C17H23F6NO4/c1-5-27-14(25)10-9(7-8(3)4)11(15(26)28-6-2)13(17(21,22)23)24-12(10)16(18,19)20/h8-10,12,24H,5-7H2,1-4H3. The first-order valence-electron chi connectivity index (χ1n) is 8.73. The summed E-state index contributed by atoms with van der Waals surface area (Å²) in [5, 5.41) is 1.34. The second kappa shape index (κ2) is 9.04. The number of carbonyl (C=O) groups excluding carboxylic acids is 2. The van der Waals surface area contributed by atoms with Gasteiger partial charge in [0.25, 0.3) is 0 Å². The molecule has 5 nitrogen and oxygen atoms in total. The van der Waals surface area contributed by atoms with E-state index >= 15 is 0 Å². The molecule has 0 radical (unpaired) electrons. The molecule has 11 heteroatoms. The molecule has 0 aromatic heterocycles. The van der Waals surface area contributed by atoms with Crippen molar-refractivity contribution in [2.45, 2.75) is 52.5 Å². The summed E-state index contributed by atoms with van der Waals surface area (Å²) in [6.07, 6.45) is -10.7. The Morgan fingerprint density at radius 1 is 1.04 bits per heavy atom. The van der Waals surface area contributed by atoms with Crippen LogP contribution >= 0.6 is 0 Å². The fourth-order valence-corrected chi connectivity index (χ4v) is 3.21. The summed E-state index contributed by atoms with van der Waals surface area (Å²) >= 11 is 0. The van der Waals surface area contributed by atoms with Crippen LogP contribution in [0.25, 0.3) is 0 Å². The van der Waals surface area contributed by atoms with Crippen molar-refractivity contribution in [3.05, 3.63) is 11.3 Å². The van der Waals surface area contributed by atoms with Gasteiger partial charge in [0.05, 0.1) is 24.7 Å². The number of ether oxygens (including phenoxy) is 2. The van der Waals surface area contributed by atoms with Gasteiger partial charge in [0.1, 0.15) is 11.7 Å².